The smallest absolute Gasteiger partial charge is 0.123 e. The van der Waals surface area contributed by atoms with Crippen LogP contribution in [0.15, 0.2) is 48.5 Å². The summed E-state index contributed by atoms with van der Waals surface area (Å²) in [7, 11) is 3.40. The van der Waals surface area contributed by atoms with E-state index in [1.807, 2.05) is 24.3 Å². The summed E-state index contributed by atoms with van der Waals surface area (Å²) in [6.07, 6.45) is 1.01. The van der Waals surface area contributed by atoms with Crippen molar-refractivity contribution in [3.05, 3.63) is 59.7 Å². The van der Waals surface area contributed by atoms with Crippen LogP contribution >= 0.6 is 0 Å². The van der Waals surface area contributed by atoms with E-state index in [4.69, 9.17) is 9.47 Å². The molecule has 3 heteroatoms. The SMILES string of the molecule is CCC(NCc1ccc(OC)cc1)c1ccccc1OC. The third-order valence-electron chi connectivity index (χ3n) is 3.63. The van der Waals surface area contributed by atoms with E-state index in [0.717, 1.165) is 24.5 Å². The highest BCUT2D eigenvalue weighted by Gasteiger charge is 2.13. The van der Waals surface area contributed by atoms with Crippen LogP contribution in [0, 0.1) is 0 Å². The molecule has 0 saturated carbocycles. The van der Waals surface area contributed by atoms with Crippen LogP contribution in [0.2, 0.25) is 0 Å². The van der Waals surface area contributed by atoms with Gasteiger partial charge in [-0.25, -0.2) is 0 Å². The lowest BCUT2D eigenvalue weighted by Gasteiger charge is -2.20. The van der Waals surface area contributed by atoms with Crippen LogP contribution < -0.4 is 14.8 Å². The predicted octanol–water partition coefficient (Wildman–Crippen LogP) is 3.94. The minimum Gasteiger partial charge on any atom is -0.497 e. The summed E-state index contributed by atoms with van der Waals surface area (Å²) in [5, 5.41) is 3.59. The fourth-order valence-electron chi connectivity index (χ4n) is 2.41. The third-order valence-corrected chi connectivity index (χ3v) is 3.63. The average Bonchev–Trinajstić information content (AvgIpc) is 2.56. The molecule has 21 heavy (non-hydrogen) atoms. The molecule has 112 valence electrons. The number of hydrogen-bond donors (Lipinski definition) is 1. The maximum atomic E-state index is 5.45. The molecule has 3 nitrogen and oxygen atoms in total. The molecule has 0 aromatic heterocycles. The van der Waals surface area contributed by atoms with E-state index in [2.05, 4.69) is 36.5 Å². The van der Waals surface area contributed by atoms with E-state index >= 15 is 0 Å². The number of nitrogens with one attached hydrogen (secondary N) is 1. The zero-order chi connectivity index (χ0) is 15.1. The fourth-order valence-corrected chi connectivity index (χ4v) is 2.41. The van der Waals surface area contributed by atoms with Crippen molar-refractivity contribution >= 4 is 0 Å². The quantitative estimate of drug-likeness (QED) is 0.835. The van der Waals surface area contributed by atoms with Crippen LogP contribution in [0.3, 0.4) is 0 Å². The first-order chi connectivity index (χ1) is 10.3. The highest BCUT2D eigenvalue weighted by atomic mass is 16.5. The van der Waals surface area contributed by atoms with Gasteiger partial charge in [-0.2, -0.15) is 0 Å². The molecule has 0 heterocycles. The average molecular weight is 285 g/mol. The summed E-state index contributed by atoms with van der Waals surface area (Å²) in [5.74, 6) is 1.82. The number of para-hydroxylation sites is 1. The van der Waals surface area contributed by atoms with Crippen LogP contribution in [0.1, 0.15) is 30.5 Å². The van der Waals surface area contributed by atoms with Gasteiger partial charge in [-0.1, -0.05) is 37.3 Å². The van der Waals surface area contributed by atoms with E-state index < -0.39 is 0 Å². The van der Waals surface area contributed by atoms with Crippen molar-refractivity contribution < 1.29 is 9.47 Å². The molecular weight excluding hydrogens is 262 g/mol. The molecule has 0 spiro atoms. The highest BCUT2D eigenvalue weighted by Crippen LogP contribution is 2.27. The van der Waals surface area contributed by atoms with Crippen molar-refractivity contribution in [1.82, 2.24) is 5.32 Å². The van der Waals surface area contributed by atoms with Gasteiger partial charge in [-0.3, -0.25) is 0 Å². The molecule has 0 amide bonds. The summed E-state index contributed by atoms with van der Waals surface area (Å²) >= 11 is 0. The van der Waals surface area contributed by atoms with Crippen molar-refractivity contribution in [2.75, 3.05) is 14.2 Å². The second-order valence-corrected chi connectivity index (χ2v) is 4.93. The first-order valence-corrected chi connectivity index (χ1v) is 7.27. The number of hydrogen-bond acceptors (Lipinski definition) is 3. The number of benzene rings is 2. The molecule has 2 aromatic carbocycles. The van der Waals surface area contributed by atoms with Crippen LogP contribution in [-0.2, 0) is 6.54 Å². The van der Waals surface area contributed by atoms with E-state index in [-0.39, 0.29) is 6.04 Å². The van der Waals surface area contributed by atoms with Crippen LogP contribution in [0.25, 0.3) is 0 Å². The standard InChI is InChI=1S/C18H23NO2/c1-4-17(16-7-5-6-8-18(16)21-3)19-13-14-9-11-15(20-2)12-10-14/h5-12,17,19H,4,13H2,1-3H3. The molecule has 0 radical (unpaired) electrons. The van der Waals surface area contributed by atoms with Gasteiger partial charge in [0.15, 0.2) is 0 Å². The lowest BCUT2D eigenvalue weighted by Crippen LogP contribution is -2.20. The summed E-state index contributed by atoms with van der Waals surface area (Å²) < 4.78 is 10.6. The van der Waals surface area contributed by atoms with Gasteiger partial charge in [0.1, 0.15) is 11.5 Å². The zero-order valence-electron chi connectivity index (χ0n) is 12.9. The Morgan fingerprint density at radius 2 is 1.67 bits per heavy atom. The van der Waals surface area contributed by atoms with Crippen molar-refractivity contribution in [3.63, 3.8) is 0 Å². The van der Waals surface area contributed by atoms with E-state index in [1.54, 1.807) is 14.2 Å². The molecule has 1 N–H and O–H groups in total. The predicted molar refractivity (Wildman–Crippen MR) is 85.9 cm³/mol. The maximum Gasteiger partial charge on any atom is 0.123 e. The lowest BCUT2D eigenvalue weighted by molar-refractivity contribution is 0.396. The van der Waals surface area contributed by atoms with Crippen LogP contribution in [0.4, 0.5) is 0 Å². The Bertz CT molecular complexity index is 551. The van der Waals surface area contributed by atoms with Gasteiger partial charge < -0.3 is 14.8 Å². The lowest BCUT2D eigenvalue weighted by atomic mass is 10.0. The first kappa shape index (κ1) is 15.4. The molecule has 1 unspecified atom stereocenters. The Balaban J connectivity index is 2.05. The molecule has 0 bridgehead atoms. The molecule has 0 aliphatic rings. The van der Waals surface area contributed by atoms with Crippen LogP contribution in [-0.4, -0.2) is 14.2 Å². The van der Waals surface area contributed by atoms with E-state index in [0.29, 0.717) is 0 Å². The third kappa shape index (κ3) is 3.99. The topological polar surface area (TPSA) is 30.5 Å². The Kier molecular flexibility index (Phi) is 5.64. The molecule has 2 aromatic rings. The van der Waals surface area contributed by atoms with Crippen molar-refractivity contribution in [3.8, 4) is 11.5 Å². The van der Waals surface area contributed by atoms with Gasteiger partial charge in [0.25, 0.3) is 0 Å². The van der Waals surface area contributed by atoms with Gasteiger partial charge in [0, 0.05) is 18.2 Å². The number of ether oxygens (including phenoxy) is 2. The van der Waals surface area contributed by atoms with Crippen molar-refractivity contribution in [2.45, 2.75) is 25.9 Å². The van der Waals surface area contributed by atoms with Crippen molar-refractivity contribution in [2.24, 2.45) is 0 Å². The summed E-state index contributed by atoms with van der Waals surface area (Å²) in [6, 6.07) is 16.6. The van der Waals surface area contributed by atoms with E-state index in [1.165, 1.54) is 11.1 Å². The molecule has 0 saturated heterocycles. The van der Waals surface area contributed by atoms with Crippen LogP contribution in [0.5, 0.6) is 11.5 Å². The maximum absolute atomic E-state index is 5.45. The Morgan fingerprint density at radius 1 is 0.952 bits per heavy atom. The monoisotopic (exact) mass is 285 g/mol. The number of rotatable bonds is 7. The molecule has 2 rings (SSSR count). The number of methoxy groups -OCH3 is 2. The molecule has 1 atom stereocenters. The Hall–Kier alpha value is -2.00. The second-order valence-electron chi connectivity index (χ2n) is 4.93. The van der Waals surface area contributed by atoms with Crippen molar-refractivity contribution in [1.29, 1.82) is 0 Å². The van der Waals surface area contributed by atoms with Gasteiger partial charge >= 0.3 is 0 Å². The molecule has 0 fully saturated rings. The Labute approximate surface area is 126 Å². The minimum atomic E-state index is 0.281. The molecule has 0 aliphatic heterocycles. The minimum absolute atomic E-state index is 0.281. The second kappa shape index (κ2) is 7.70. The van der Waals surface area contributed by atoms with Gasteiger partial charge in [-0.15, -0.1) is 0 Å². The molecular formula is C18H23NO2. The zero-order valence-corrected chi connectivity index (χ0v) is 12.9. The molecule has 0 aliphatic carbocycles. The first-order valence-electron chi connectivity index (χ1n) is 7.27. The summed E-state index contributed by atoms with van der Waals surface area (Å²) in [6.45, 7) is 3.00. The normalized spacial score (nSPS) is 12.0. The summed E-state index contributed by atoms with van der Waals surface area (Å²) in [5.41, 5.74) is 2.44. The largest absolute Gasteiger partial charge is 0.497 e. The Morgan fingerprint density at radius 3 is 2.29 bits per heavy atom. The van der Waals surface area contributed by atoms with Gasteiger partial charge in [-0.05, 0) is 30.2 Å². The van der Waals surface area contributed by atoms with Gasteiger partial charge in [0.05, 0.1) is 14.2 Å². The summed E-state index contributed by atoms with van der Waals surface area (Å²) in [4.78, 5) is 0. The highest BCUT2D eigenvalue weighted by molar-refractivity contribution is 5.36. The van der Waals surface area contributed by atoms with E-state index in [9.17, 15) is 0 Å². The van der Waals surface area contributed by atoms with Gasteiger partial charge in [0.2, 0.25) is 0 Å². The fraction of sp³-hybridized carbons (Fsp3) is 0.333.